The zero-order chi connectivity index (χ0) is 39.0. The normalized spacial score (nSPS) is 26.4. The fourth-order valence-electron chi connectivity index (χ4n) is 6.45. The highest BCUT2D eigenvalue weighted by molar-refractivity contribution is 5.99. The van der Waals surface area contributed by atoms with E-state index in [1.807, 2.05) is 38.1 Å². The largest absolute Gasteiger partial charge is 0.391 e. The average Bonchev–Trinajstić information content (AvgIpc) is 3.75. The van der Waals surface area contributed by atoms with E-state index in [1.165, 1.54) is 13.8 Å². The van der Waals surface area contributed by atoms with Crippen LogP contribution in [0, 0.1) is 5.92 Å². The molecule has 0 saturated carbocycles. The Morgan fingerprint density at radius 1 is 0.868 bits per heavy atom. The molecular weight excluding hydrogens is 690 g/mol. The molecule has 1 aromatic carbocycles. The number of aromatic nitrogens is 1. The topological polar surface area (TPSA) is 274 Å². The molecule has 0 aliphatic carbocycles. The summed E-state index contributed by atoms with van der Waals surface area (Å²) in [6, 6.07) is -0.518. The molecule has 0 bridgehead atoms. The number of hydrogen-bond donors (Lipinski definition) is 9. The zero-order valence-electron chi connectivity index (χ0n) is 30.2. The number of nitrogens with zero attached hydrogens (tertiary/aromatic N) is 1. The smallest absolute Gasteiger partial charge is 0.248 e. The minimum absolute atomic E-state index is 0.0202. The Hall–Kier alpha value is -5.52. The second-order valence-corrected chi connectivity index (χ2v) is 14.0. The van der Waals surface area contributed by atoms with Crippen LogP contribution in [0.25, 0.3) is 10.9 Å². The summed E-state index contributed by atoms with van der Waals surface area (Å²) in [5, 5.41) is 26.4. The summed E-state index contributed by atoms with van der Waals surface area (Å²) in [6.45, 7) is 5.76. The number of carbonyl (C=O) groups excluding carboxylic acids is 8. The van der Waals surface area contributed by atoms with Crippen molar-refractivity contribution in [1.82, 2.24) is 41.8 Å². The average molecular weight is 740 g/mol. The number of primary amides is 1. The number of fused-ring (bicyclic) bond motifs is 2. The van der Waals surface area contributed by atoms with Crippen LogP contribution in [0.5, 0.6) is 0 Å². The van der Waals surface area contributed by atoms with E-state index in [1.54, 1.807) is 6.20 Å². The Morgan fingerprint density at radius 3 is 2.21 bits per heavy atom. The fraction of sp³-hybridized carbons (Fsp3) is 0.543. The Morgan fingerprint density at radius 2 is 1.53 bits per heavy atom. The number of para-hydroxylation sites is 1. The van der Waals surface area contributed by atoms with Crippen LogP contribution >= 0.6 is 0 Å². The van der Waals surface area contributed by atoms with Crippen LogP contribution in [0.3, 0.4) is 0 Å². The van der Waals surface area contributed by atoms with Crippen LogP contribution in [0.15, 0.2) is 30.5 Å². The standard InChI is InChI=1S/C35H49N9O9/c1-17(2)12-23-31(49)38-16-28(47)43-29(19(4)45)35(53)44-11-7-10-26(44)34(52)42-25(14-27(36)46)32(50)39-18(3)30(48)40-24(33(51)41-23)13-20-15-37-22-9-6-5-8-21(20)22/h5-6,8-9,15,17-19,23-26,29,37,45H,7,10-14,16H2,1-4H3,(H2,36,46)(H,38,49)(H,39,50)(H,40,48)(H,41,51)(H,42,52)(H,43,47)/t18-,19-,23-,24-,25-,26-,29-/m0/s1. The molecule has 2 aromatic rings. The number of H-pyrrole nitrogens is 1. The third-order valence-corrected chi connectivity index (χ3v) is 9.19. The number of nitrogens with one attached hydrogen (secondary N) is 7. The maximum absolute atomic E-state index is 13.9. The molecule has 1 aromatic heterocycles. The number of rotatable bonds is 7. The first-order valence-corrected chi connectivity index (χ1v) is 17.7. The van der Waals surface area contributed by atoms with E-state index in [4.69, 9.17) is 5.73 Å². The van der Waals surface area contributed by atoms with Crippen molar-refractivity contribution in [3.05, 3.63) is 36.0 Å². The summed E-state index contributed by atoms with van der Waals surface area (Å²) in [5.74, 6) is -6.57. The predicted molar refractivity (Wildman–Crippen MR) is 190 cm³/mol. The predicted octanol–water partition coefficient (Wildman–Crippen LogP) is -2.42. The quantitative estimate of drug-likeness (QED) is 0.146. The lowest BCUT2D eigenvalue weighted by Gasteiger charge is -2.31. The van der Waals surface area contributed by atoms with Crippen LogP contribution < -0.4 is 37.6 Å². The molecule has 18 heteroatoms. The van der Waals surface area contributed by atoms with Gasteiger partial charge in [0.25, 0.3) is 0 Å². The first-order chi connectivity index (χ1) is 25.0. The van der Waals surface area contributed by atoms with E-state index in [-0.39, 0.29) is 31.7 Å². The molecule has 0 radical (unpaired) electrons. The van der Waals surface area contributed by atoms with Crippen molar-refractivity contribution in [1.29, 1.82) is 0 Å². The summed E-state index contributed by atoms with van der Waals surface area (Å²) < 4.78 is 0. The minimum atomic E-state index is -1.53. The van der Waals surface area contributed by atoms with Gasteiger partial charge in [0.05, 0.1) is 19.1 Å². The highest BCUT2D eigenvalue weighted by atomic mass is 16.3. The summed E-state index contributed by atoms with van der Waals surface area (Å²) in [7, 11) is 0. The molecule has 53 heavy (non-hydrogen) atoms. The number of benzene rings is 1. The molecule has 2 fully saturated rings. The molecule has 288 valence electrons. The summed E-state index contributed by atoms with van der Waals surface area (Å²) in [6.07, 6.45) is 0.346. The van der Waals surface area contributed by atoms with Crippen LogP contribution in [-0.4, -0.2) is 118 Å². The molecule has 2 aliphatic heterocycles. The van der Waals surface area contributed by atoms with E-state index < -0.39 is 103 Å². The molecule has 8 amide bonds. The highest BCUT2D eigenvalue weighted by Crippen LogP contribution is 2.21. The van der Waals surface area contributed by atoms with Crippen molar-refractivity contribution in [3.8, 4) is 0 Å². The van der Waals surface area contributed by atoms with Crippen molar-refractivity contribution in [2.75, 3.05) is 13.1 Å². The van der Waals surface area contributed by atoms with Gasteiger partial charge < -0.3 is 52.6 Å². The number of nitrogens with two attached hydrogens (primary N) is 1. The van der Waals surface area contributed by atoms with Gasteiger partial charge in [0.1, 0.15) is 36.3 Å². The Kier molecular flexibility index (Phi) is 13.5. The van der Waals surface area contributed by atoms with Gasteiger partial charge in [-0.05, 0) is 50.7 Å². The van der Waals surface area contributed by atoms with Gasteiger partial charge >= 0.3 is 0 Å². The third kappa shape index (κ3) is 10.5. The number of amides is 8. The molecule has 2 saturated heterocycles. The van der Waals surface area contributed by atoms with Gasteiger partial charge in [0.15, 0.2) is 0 Å². The molecule has 3 heterocycles. The van der Waals surface area contributed by atoms with Gasteiger partial charge in [-0.2, -0.15) is 0 Å². The Labute approximate surface area is 306 Å². The van der Waals surface area contributed by atoms with Gasteiger partial charge in [-0.15, -0.1) is 0 Å². The van der Waals surface area contributed by atoms with Crippen LogP contribution in [0.1, 0.15) is 58.9 Å². The molecule has 0 spiro atoms. The van der Waals surface area contributed by atoms with E-state index in [9.17, 15) is 43.5 Å². The maximum atomic E-state index is 13.9. The van der Waals surface area contributed by atoms with E-state index in [0.717, 1.165) is 15.8 Å². The molecular formula is C35H49N9O9. The van der Waals surface area contributed by atoms with Crippen molar-refractivity contribution in [2.24, 2.45) is 11.7 Å². The zero-order valence-corrected chi connectivity index (χ0v) is 30.2. The Balaban J connectivity index is 1.69. The SMILES string of the molecule is CC(C)C[C@@H]1NC(=O)[C@H](Cc2c[nH]c3ccccc23)NC(=O)[C@H](C)NC(=O)[C@H](CC(N)=O)NC(=O)[C@@H]2CCCN2C(=O)[C@H]([C@H](C)O)NC(=O)CNC1=O. The van der Waals surface area contributed by atoms with E-state index >= 15 is 0 Å². The fourth-order valence-corrected chi connectivity index (χ4v) is 6.45. The minimum Gasteiger partial charge on any atom is -0.391 e. The van der Waals surface area contributed by atoms with Gasteiger partial charge in [0, 0.05) is 30.1 Å². The van der Waals surface area contributed by atoms with Gasteiger partial charge in [-0.25, -0.2) is 0 Å². The number of carbonyl (C=O) groups is 8. The van der Waals surface area contributed by atoms with Crippen molar-refractivity contribution >= 4 is 58.2 Å². The third-order valence-electron chi connectivity index (χ3n) is 9.19. The molecule has 0 unspecified atom stereocenters. The van der Waals surface area contributed by atoms with Crippen LogP contribution in [0.4, 0.5) is 0 Å². The molecule has 7 atom stereocenters. The van der Waals surface area contributed by atoms with Crippen molar-refractivity contribution in [2.45, 2.75) is 102 Å². The lowest BCUT2D eigenvalue weighted by molar-refractivity contribution is -0.144. The van der Waals surface area contributed by atoms with Crippen LogP contribution in [-0.2, 0) is 44.8 Å². The molecule has 4 rings (SSSR count). The summed E-state index contributed by atoms with van der Waals surface area (Å²) in [5.41, 5.74) is 6.85. The molecule has 18 nitrogen and oxygen atoms in total. The first kappa shape index (κ1) is 40.3. The van der Waals surface area contributed by atoms with Gasteiger partial charge in [0.2, 0.25) is 47.3 Å². The van der Waals surface area contributed by atoms with E-state index in [0.29, 0.717) is 12.0 Å². The maximum Gasteiger partial charge on any atom is 0.248 e. The first-order valence-electron chi connectivity index (χ1n) is 17.7. The monoisotopic (exact) mass is 739 g/mol. The molecule has 10 N–H and O–H groups in total. The van der Waals surface area contributed by atoms with Crippen molar-refractivity contribution < 1.29 is 43.5 Å². The van der Waals surface area contributed by atoms with E-state index in [2.05, 4.69) is 36.9 Å². The number of aliphatic hydroxyl groups is 1. The lowest BCUT2D eigenvalue weighted by atomic mass is 10.0. The Bertz CT molecular complexity index is 1720. The van der Waals surface area contributed by atoms with Crippen LogP contribution in [0.2, 0.25) is 0 Å². The second kappa shape index (κ2) is 17.8. The van der Waals surface area contributed by atoms with Gasteiger partial charge in [-0.1, -0.05) is 32.0 Å². The van der Waals surface area contributed by atoms with Crippen molar-refractivity contribution in [3.63, 3.8) is 0 Å². The summed E-state index contributed by atoms with van der Waals surface area (Å²) >= 11 is 0. The molecule has 2 aliphatic rings. The lowest BCUT2D eigenvalue weighted by Crippen LogP contribution is -2.60. The highest BCUT2D eigenvalue weighted by Gasteiger charge is 2.41. The second-order valence-electron chi connectivity index (χ2n) is 14.0. The number of aromatic amines is 1. The number of aliphatic hydroxyl groups excluding tert-OH is 1. The summed E-state index contributed by atoms with van der Waals surface area (Å²) in [4.78, 5) is 111. The van der Waals surface area contributed by atoms with Gasteiger partial charge in [-0.3, -0.25) is 38.4 Å². The number of hydrogen-bond acceptors (Lipinski definition) is 9.